The third kappa shape index (κ3) is 2.44. The maximum absolute atomic E-state index is 5.51. The second-order valence-electron chi connectivity index (χ2n) is 3.23. The van der Waals surface area contributed by atoms with E-state index >= 15 is 0 Å². The van der Waals surface area contributed by atoms with Gasteiger partial charge in [0.2, 0.25) is 0 Å². The lowest BCUT2D eigenvalue weighted by Crippen LogP contribution is -2.06. The maximum Gasteiger partial charge on any atom is 0.180 e. The molecule has 0 aliphatic carbocycles. The zero-order valence-electron chi connectivity index (χ0n) is 8.96. The van der Waals surface area contributed by atoms with Gasteiger partial charge in [0.25, 0.3) is 0 Å². The van der Waals surface area contributed by atoms with E-state index in [1.807, 2.05) is 24.3 Å². The van der Waals surface area contributed by atoms with Crippen molar-refractivity contribution in [2.24, 2.45) is 0 Å². The highest BCUT2D eigenvalue weighted by Gasteiger charge is 1.98. The number of aromatic nitrogens is 2. The molecule has 0 saturated carbocycles. The number of benzene rings is 1. The van der Waals surface area contributed by atoms with Crippen LogP contribution in [0.5, 0.6) is 11.5 Å². The molecule has 84 valence electrons. The van der Waals surface area contributed by atoms with Crippen LogP contribution in [0.4, 0.5) is 5.82 Å². The molecule has 5 heteroatoms. The average molecular weight is 219 g/mol. The third-order valence-electron chi connectivity index (χ3n) is 2.07. The van der Waals surface area contributed by atoms with Crippen molar-refractivity contribution in [1.82, 2.24) is 9.78 Å². The number of nitrogens with zero attached hydrogens (tertiary/aromatic N) is 2. The predicted octanol–water partition coefficient (Wildman–Crippen LogP) is 1.51. The van der Waals surface area contributed by atoms with Gasteiger partial charge >= 0.3 is 0 Å². The average Bonchev–Trinajstić information content (AvgIpc) is 2.73. The van der Waals surface area contributed by atoms with Crippen LogP contribution in [0.3, 0.4) is 0 Å². The fourth-order valence-corrected chi connectivity index (χ4v) is 1.28. The molecule has 0 amide bonds. The summed E-state index contributed by atoms with van der Waals surface area (Å²) in [6.45, 7) is 0.324. The molecule has 1 aromatic carbocycles. The Morgan fingerprint density at radius 2 is 2.12 bits per heavy atom. The first kappa shape index (κ1) is 10.4. The molecule has 2 N–H and O–H groups in total. The number of hydrogen-bond donors (Lipinski definition) is 1. The van der Waals surface area contributed by atoms with E-state index in [1.54, 1.807) is 24.1 Å². The first-order valence-corrected chi connectivity index (χ1v) is 4.84. The van der Waals surface area contributed by atoms with E-state index in [2.05, 4.69) is 5.10 Å². The minimum atomic E-state index is 0.324. The molecule has 2 aromatic rings. The molecule has 0 unspecified atom stereocenters. The first-order valence-electron chi connectivity index (χ1n) is 4.84. The first-order chi connectivity index (χ1) is 7.78. The van der Waals surface area contributed by atoms with Gasteiger partial charge in [-0.15, -0.1) is 0 Å². The zero-order valence-corrected chi connectivity index (χ0v) is 8.96. The highest BCUT2D eigenvalue weighted by molar-refractivity contribution is 5.32. The molecular weight excluding hydrogens is 206 g/mol. The highest BCUT2D eigenvalue weighted by atomic mass is 16.5. The molecule has 0 aliphatic heterocycles. The molecule has 5 nitrogen and oxygen atoms in total. The van der Waals surface area contributed by atoms with Crippen LogP contribution in [0.2, 0.25) is 0 Å². The molecular formula is C11H13N3O2. The van der Waals surface area contributed by atoms with E-state index < -0.39 is 0 Å². The smallest absolute Gasteiger partial charge is 0.180 e. The quantitative estimate of drug-likeness (QED) is 0.846. The maximum atomic E-state index is 5.51. The van der Waals surface area contributed by atoms with Crippen LogP contribution in [-0.4, -0.2) is 16.9 Å². The summed E-state index contributed by atoms with van der Waals surface area (Å²) in [7, 11) is 1.62. The van der Waals surface area contributed by atoms with Gasteiger partial charge in [-0.2, -0.15) is 5.10 Å². The Bertz CT molecular complexity index is 468. The summed E-state index contributed by atoms with van der Waals surface area (Å²) in [6.07, 6.45) is 1.76. The number of hydrogen-bond acceptors (Lipinski definition) is 4. The van der Waals surface area contributed by atoms with Crippen molar-refractivity contribution in [3.8, 4) is 11.5 Å². The van der Waals surface area contributed by atoms with Crippen LogP contribution in [-0.2, 0) is 6.73 Å². The fourth-order valence-electron chi connectivity index (χ4n) is 1.28. The van der Waals surface area contributed by atoms with E-state index in [1.165, 1.54) is 0 Å². The normalized spacial score (nSPS) is 10.1. The molecule has 1 heterocycles. The van der Waals surface area contributed by atoms with Crippen LogP contribution in [0.25, 0.3) is 0 Å². The molecule has 2 rings (SSSR count). The van der Waals surface area contributed by atoms with E-state index in [9.17, 15) is 0 Å². The fraction of sp³-hybridized carbons (Fsp3) is 0.182. The van der Waals surface area contributed by atoms with Crippen LogP contribution in [0.1, 0.15) is 0 Å². The summed E-state index contributed by atoms with van der Waals surface area (Å²) in [5.74, 6) is 1.97. The van der Waals surface area contributed by atoms with Crippen molar-refractivity contribution in [3.05, 3.63) is 36.5 Å². The van der Waals surface area contributed by atoms with E-state index in [-0.39, 0.29) is 0 Å². The second kappa shape index (κ2) is 4.57. The van der Waals surface area contributed by atoms with E-state index in [0.29, 0.717) is 12.5 Å². The number of rotatable bonds is 4. The highest BCUT2D eigenvalue weighted by Crippen LogP contribution is 2.19. The largest absolute Gasteiger partial charge is 0.497 e. The molecule has 0 saturated heterocycles. The molecule has 16 heavy (non-hydrogen) atoms. The van der Waals surface area contributed by atoms with Gasteiger partial charge in [-0.3, -0.25) is 0 Å². The van der Waals surface area contributed by atoms with Crippen molar-refractivity contribution in [2.75, 3.05) is 12.8 Å². The van der Waals surface area contributed by atoms with Crippen molar-refractivity contribution >= 4 is 5.82 Å². The van der Waals surface area contributed by atoms with Gasteiger partial charge in [0, 0.05) is 18.3 Å². The van der Waals surface area contributed by atoms with Crippen molar-refractivity contribution < 1.29 is 9.47 Å². The molecule has 0 radical (unpaired) electrons. The lowest BCUT2D eigenvalue weighted by Gasteiger charge is -2.07. The Kier molecular flexibility index (Phi) is 2.95. The molecule has 0 atom stereocenters. The number of anilines is 1. The molecule has 1 aromatic heterocycles. The predicted molar refractivity (Wildman–Crippen MR) is 60.3 cm³/mol. The van der Waals surface area contributed by atoms with E-state index in [0.717, 1.165) is 11.5 Å². The number of ether oxygens (including phenoxy) is 2. The minimum Gasteiger partial charge on any atom is -0.497 e. The Labute approximate surface area is 93.4 Å². The summed E-state index contributed by atoms with van der Waals surface area (Å²) in [4.78, 5) is 0. The topological polar surface area (TPSA) is 62.3 Å². The lowest BCUT2D eigenvalue weighted by molar-refractivity contribution is 0.220. The second-order valence-corrected chi connectivity index (χ2v) is 3.23. The van der Waals surface area contributed by atoms with Gasteiger partial charge in [0.1, 0.15) is 17.3 Å². The molecule has 0 fully saturated rings. The molecule has 0 aliphatic rings. The molecule has 0 spiro atoms. The Hall–Kier alpha value is -2.17. The minimum absolute atomic E-state index is 0.324. The van der Waals surface area contributed by atoms with Gasteiger partial charge in [0.05, 0.1) is 7.11 Å². The van der Waals surface area contributed by atoms with Gasteiger partial charge in [-0.25, -0.2) is 4.68 Å². The summed E-state index contributed by atoms with van der Waals surface area (Å²) in [5, 5.41) is 4.01. The SMILES string of the molecule is COc1cccc(OCn2ccc(N)n2)c1. The summed E-state index contributed by atoms with van der Waals surface area (Å²) in [5.41, 5.74) is 5.49. The van der Waals surface area contributed by atoms with Gasteiger partial charge in [-0.05, 0) is 12.1 Å². The summed E-state index contributed by atoms with van der Waals surface area (Å²) < 4.78 is 12.2. The zero-order chi connectivity index (χ0) is 11.4. The van der Waals surface area contributed by atoms with Crippen molar-refractivity contribution in [3.63, 3.8) is 0 Å². The van der Waals surface area contributed by atoms with Crippen LogP contribution in [0.15, 0.2) is 36.5 Å². The summed E-state index contributed by atoms with van der Waals surface area (Å²) in [6, 6.07) is 9.11. The lowest BCUT2D eigenvalue weighted by atomic mass is 10.3. The standard InChI is InChI=1S/C11H13N3O2/c1-15-9-3-2-4-10(7-9)16-8-14-6-5-11(12)13-14/h2-7H,8H2,1H3,(H2,12,13). The van der Waals surface area contributed by atoms with Crippen LogP contribution >= 0.6 is 0 Å². The third-order valence-corrected chi connectivity index (χ3v) is 2.07. The van der Waals surface area contributed by atoms with Gasteiger partial charge in [-0.1, -0.05) is 6.07 Å². The number of nitrogens with two attached hydrogens (primary N) is 1. The van der Waals surface area contributed by atoms with Gasteiger partial charge < -0.3 is 15.2 Å². The Morgan fingerprint density at radius 1 is 1.31 bits per heavy atom. The monoisotopic (exact) mass is 219 g/mol. The van der Waals surface area contributed by atoms with Crippen molar-refractivity contribution in [1.29, 1.82) is 0 Å². The molecule has 0 bridgehead atoms. The summed E-state index contributed by atoms with van der Waals surface area (Å²) >= 11 is 0. The van der Waals surface area contributed by atoms with Crippen LogP contribution in [0, 0.1) is 0 Å². The van der Waals surface area contributed by atoms with E-state index in [4.69, 9.17) is 15.2 Å². The van der Waals surface area contributed by atoms with Crippen LogP contribution < -0.4 is 15.2 Å². The van der Waals surface area contributed by atoms with Crippen molar-refractivity contribution in [2.45, 2.75) is 6.73 Å². The number of nitrogen functional groups attached to an aromatic ring is 1. The Balaban J connectivity index is 1.99. The van der Waals surface area contributed by atoms with Gasteiger partial charge in [0.15, 0.2) is 6.73 Å². The Morgan fingerprint density at radius 3 is 2.81 bits per heavy atom. The number of methoxy groups -OCH3 is 1.